The average Bonchev–Trinajstić information content (AvgIpc) is 2.33. The Balaban J connectivity index is 2.32. The van der Waals surface area contributed by atoms with Gasteiger partial charge < -0.3 is 10.1 Å². The first-order chi connectivity index (χ1) is 8.76. The maximum Gasteiger partial charge on any atom is 0.158 e. The summed E-state index contributed by atoms with van der Waals surface area (Å²) in [5, 5.41) is 3.71. The number of thioether (sulfide) groups is 1. The Labute approximate surface area is 118 Å². The first-order valence-electron chi connectivity index (χ1n) is 6.01. The molecule has 1 heterocycles. The summed E-state index contributed by atoms with van der Waals surface area (Å²) in [5.41, 5.74) is 0. The number of hydrogen-bond acceptors (Lipinski definition) is 5. The lowest BCUT2D eigenvalue weighted by atomic mass is 10.2. The molecule has 0 saturated heterocycles. The van der Waals surface area contributed by atoms with E-state index in [4.69, 9.17) is 16.3 Å². The van der Waals surface area contributed by atoms with Crippen LogP contribution in [0.4, 0.5) is 5.82 Å². The van der Waals surface area contributed by atoms with E-state index in [9.17, 15) is 0 Å². The standard InChI is InChI=1S/C12H20ClN3OS/c1-17-9-12-15-10(13)8-11(16-12)14-6-4-3-5-7-18-2/h8H,3-7,9H2,1-2H3,(H,14,15,16). The van der Waals surface area contributed by atoms with Crippen molar-refractivity contribution in [1.82, 2.24) is 9.97 Å². The van der Waals surface area contributed by atoms with Gasteiger partial charge in [0, 0.05) is 19.7 Å². The molecule has 0 atom stereocenters. The molecule has 0 spiro atoms. The number of anilines is 1. The minimum Gasteiger partial charge on any atom is -0.377 e. The number of nitrogens with zero attached hydrogens (tertiary/aromatic N) is 2. The first-order valence-corrected chi connectivity index (χ1v) is 7.78. The maximum atomic E-state index is 5.92. The lowest BCUT2D eigenvalue weighted by molar-refractivity contribution is 0.178. The third-order valence-corrected chi connectivity index (χ3v) is 3.24. The molecule has 1 N–H and O–H groups in total. The number of ether oxygens (including phenoxy) is 1. The molecule has 6 heteroatoms. The van der Waals surface area contributed by atoms with Gasteiger partial charge in [0.2, 0.25) is 0 Å². The van der Waals surface area contributed by atoms with E-state index in [0.29, 0.717) is 17.6 Å². The smallest absolute Gasteiger partial charge is 0.158 e. The Morgan fingerprint density at radius 2 is 2.17 bits per heavy atom. The summed E-state index contributed by atoms with van der Waals surface area (Å²) in [5.74, 6) is 2.61. The molecule has 102 valence electrons. The number of halogens is 1. The normalized spacial score (nSPS) is 10.6. The Kier molecular flexibility index (Phi) is 8.13. The van der Waals surface area contributed by atoms with Gasteiger partial charge in [-0.15, -0.1) is 0 Å². The zero-order chi connectivity index (χ0) is 13.2. The quantitative estimate of drug-likeness (QED) is 0.559. The number of aromatic nitrogens is 2. The molecule has 0 aromatic carbocycles. The number of methoxy groups -OCH3 is 1. The van der Waals surface area contributed by atoms with Crippen molar-refractivity contribution < 1.29 is 4.74 Å². The number of unbranched alkanes of at least 4 members (excludes halogenated alkanes) is 2. The van der Waals surface area contributed by atoms with Gasteiger partial charge in [-0.1, -0.05) is 18.0 Å². The number of hydrogen-bond donors (Lipinski definition) is 1. The van der Waals surface area contributed by atoms with Gasteiger partial charge in [0.25, 0.3) is 0 Å². The number of rotatable bonds is 9. The Morgan fingerprint density at radius 1 is 1.33 bits per heavy atom. The van der Waals surface area contributed by atoms with Crippen LogP contribution in [0, 0.1) is 0 Å². The van der Waals surface area contributed by atoms with Crippen molar-refractivity contribution >= 4 is 29.2 Å². The SMILES string of the molecule is COCc1nc(Cl)cc(NCCCCCSC)n1. The summed E-state index contributed by atoms with van der Waals surface area (Å²) in [6.07, 6.45) is 5.78. The van der Waals surface area contributed by atoms with Crippen LogP contribution in [0.15, 0.2) is 6.07 Å². The Bertz CT molecular complexity index is 352. The highest BCUT2D eigenvalue weighted by molar-refractivity contribution is 7.98. The third kappa shape index (κ3) is 6.42. The molecule has 1 aromatic heterocycles. The minimum absolute atomic E-state index is 0.378. The second kappa shape index (κ2) is 9.42. The zero-order valence-electron chi connectivity index (χ0n) is 10.9. The highest BCUT2D eigenvalue weighted by atomic mass is 35.5. The van der Waals surface area contributed by atoms with Gasteiger partial charge >= 0.3 is 0 Å². The monoisotopic (exact) mass is 289 g/mol. The van der Waals surface area contributed by atoms with Crippen LogP contribution in [-0.4, -0.2) is 35.6 Å². The maximum absolute atomic E-state index is 5.92. The van der Waals surface area contributed by atoms with E-state index in [2.05, 4.69) is 21.5 Å². The van der Waals surface area contributed by atoms with Gasteiger partial charge in [-0.05, 0) is 24.9 Å². The summed E-state index contributed by atoms with van der Waals surface area (Å²) in [6, 6.07) is 1.74. The zero-order valence-corrected chi connectivity index (χ0v) is 12.5. The molecule has 0 amide bonds. The van der Waals surface area contributed by atoms with Crippen LogP contribution < -0.4 is 5.32 Å². The van der Waals surface area contributed by atoms with Crippen molar-refractivity contribution in [3.63, 3.8) is 0 Å². The van der Waals surface area contributed by atoms with Crippen LogP contribution >= 0.6 is 23.4 Å². The molecule has 0 aliphatic carbocycles. The summed E-state index contributed by atoms with van der Waals surface area (Å²) >= 11 is 7.81. The molecule has 18 heavy (non-hydrogen) atoms. The Morgan fingerprint density at radius 3 is 2.89 bits per heavy atom. The Hall–Kier alpha value is -0.520. The second-order valence-corrected chi connectivity index (χ2v) is 5.28. The summed E-state index contributed by atoms with van der Waals surface area (Å²) in [6.45, 7) is 1.29. The summed E-state index contributed by atoms with van der Waals surface area (Å²) in [7, 11) is 1.61. The van der Waals surface area contributed by atoms with E-state index in [1.165, 1.54) is 18.6 Å². The van der Waals surface area contributed by atoms with E-state index < -0.39 is 0 Å². The highest BCUT2D eigenvalue weighted by Crippen LogP contribution is 2.12. The summed E-state index contributed by atoms with van der Waals surface area (Å²) in [4.78, 5) is 8.40. The van der Waals surface area contributed by atoms with E-state index in [-0.39, 0.29) is 0 Å². The van der Waals surface area contributed by atoms with Gasteiger partial charge in [-0.25, -0.2) is 9.97 Å². The van der Waals surface area contributed by atoms with Crippen molar-refractivity contribution in [3.8, 4) is 0 Å². The molecule has 0 radical (unpaired) electrons. The van der Waals surface area contributed by atoms with Crippen LogP contribution in [-0.2, 0) is 11.3 Å². The lowest BCUT2D eigenvalue weighted by Gasteiger charge is -2.07. The molecule has 1 aromatic rings. The fourth-order valence-electron chi connectivity index (χ4n) is 1.51. The van der Waals surface area contributed by atoms with Crippen molar-refractivity contribution in [1.29, 1.82) is 0 Å². The lowest BCUT2D eigenvalue weighted by Crippen LogP contribution is -2.06. The fourth-order valence-corrected chi connectivity index (χ4v) is 2.21. The molecule has 0 aliphatic heterocycles. The molecule has 4 nitrogen and oxygen atoms in total. The molecular weight excluding hydrogens is 270 g/mol. The van der Waals surface area contributed by atoms with Gasteiger partial charge in [0.15, 0.2) is 5.82 Å². The topological polar surface area (TPSA) is 47.0 Å². The summed E-state index contributed by atoms with van der Waals surface area (Å²) < 4.78 is 4.99. The molecule has 0 fully saturated rings. The largest absolute Gasteiger partial charge is 0.377 e. The first kappa shape index (κ1) is 15.5. The average molecular weight is 290 g/mol. The van der Waals surface area contributed by atoms with Crippen LogP contribution in [0.25, 0.3) is 0 Å². The number of nitrogens with one attached hydrogen (secondary N) is 1. The van der Waals surface area contributed by atoms with E-state index in [0.717, 1.165) is 18.8 Å². The molecule has 0 unspecified atom stereocenters. The third-order valence-electron chi connectivity index (χ3n) is 2.35. The predicted molar refractivity (Wildman–Crippen MR) is 78.5 cm³/mol. The van der Waals surface area contributed by atoms with Crippen molar-refractivity contribution in [2.75, 3.05) is 31.0 Å². The van der Waals surface area contributed by atoms with Crippen LogP contribution in [0.2, 0.25) is 5.15 Å². The molecule has 0 saturated carbocycles. The van der Waals surface area contributed by atoms with Gasteiger partial charge in [-0.3, -0.25) is 0 Å². The van der Waals surface area contributed by atoms with E-state index in [1.54, 1.807) is 13.2 Å². The van der Waals surface area contributed by atoms with Crippen molar-refractivity contribution in [2.45, 2.75) is 25.9 Å². The van der Waals surface area contributed by atoms with Crippen molar-refractivity contribution in [2.24, 2.45) is 0 Å². The van der Waals surface area contributed by atoms with E-state index >= 15 is 0 Å². The molecular formula is C12H20ClN3OS. The molecule has 1 rings (SSSR count). The van der Waals surface area contributed by atoms with Gasteiger partial charge in [-0.2, -0.15) is 11.8 Å². The second-order valence-electron chi connectivity index (χ2n) is 3.91. The van der Waals surface area contributed by atoms with Gasteiger partial charge in [0.05, 0.1) is 0 Å². The van der Waals surface area contributed by atoms with Crippen LogP contribution in [0.3, 0.4) is 0 Å². The van der Waals surface area contributed by atoms with Crippen molar-refractivity contribution in [3.05, 3.63) is 17.0 Å². The highest BCUT2D eigenvalue weighted by Gasteiger charge is 2.02. The van der Waals surface area contributed by atoms with E-state index in [1.807, 2.05) is 11.8 Å². The fraction of sp³-hybridized carbons (Fsp3) is 0.667. The minimum atomic E-state index is 0.378. The molecule has 0 aliphatic rings. The predicted octanol–water partition coefficient (Wildman–Crippen LogP) is 3.22. The van der Waals surface area contributed by atoms with Crippen LogP contribution in [0.1, 0.15) is 25.1 Å². The van der Waals surface area contributed by atoms with Crippen LogP contribution in [0.5, 0.6) is 0 Å². The van der Waals surface area contributed by atoms with Gasteiger partial charge in [0.1, 0.15) is 17.6 Å². The molecule has 0 bridgehead atoms.